The Morgan fingerprint density at radius 1 is 1.39 bits per heavy atom. The molecule has 0 radical (unpaired) electrons. The highest BCUT2D eigenvalue weighted by atomic mass is 16.2. The summed E-state index contributed by atoms with van der Waals surface area (Å²) in [4.78, 5) is 26.3. The van der Waals surface area contributed by atoms with Crippen LogP contribution in [-0.2, 0) is 11.2 Å². The zero-order valence-electron chi connectivity index (χ0n) is 13.7. The summed E-state index contributed by atoms with van der Waals surface area (Å²) >= 11 is 0. The van der Waals surface area contributed by atoms with Crippen molar-refractivity contribution in [2.45, 2.75) is 32.6 Å². The molecular weight excluding hydrogens is 288 g/mol. The van der Waals surface area contributed by atoms with Crippen LogP contribution in [0.1, 0.15) is 42.1 Å². The Hall–Kier alpha value is -2.10. The van der Waals surface area contributed by atoms with Gasteiger partial charge in [0.25, 0.3) is 5.91 Å². The number of carbonyl (C=O) groups is 2. The van der Waals surface area contributed by atoms with Crippen molar-refractivity contribution in [3.8, 4) is 0 Å². The van der Waals surface area contributed by atoms with Crippen LogP contribution in [0.3, 0.4) is 0 Å². The SMILES string of the molecule is C=CC(=O)N1CCCc2c(C(=O)NCC3CC(C)C3)cccc21. The number of rotatable bonds is 4. The molecule has 1 heterocycles. The van der Waals surface area contributed by atoms with Crippen molar-refractivity contribution in [2.24, 2.45) is 11.8 Å². The Labute approximate surface area is 137 Å². The lowest BCUT2D eigenvalue weighted by molar-refractivity contribution is -0.114. The highest BCUT2D eigenvalue weighted by Gasteiger charge is 2.27. The number of fused-ring (bicyclic) bond motifs is 1. The van der Waals surface area contributed by atoms with Crippen LogP contribution in [0.15, 0.2) is 30.9 Å². The van der Waals surface area contributed by atoms with Crippen molar-refractivity contribution in [1.82, 2.24) is 5.32 Å². The standard InChI is InChI=1S/C19H24N2O2/c1-3-18(22)21-9-5-7-15-16(6-4-8-17(15)21)19(23)20-12-14-10-13(2)11-14/h3-4,6,8,13-14H,1,5,7,9-12H2,2H3,(H,20,23). The smallest absolute Gasteiger partial charge is 0.251 e. The van der Waals surface area contributed by atoms with Gasteiger partial charge in [-0.1, -0.05) is 19.6 Å². The van der Waals surface area contributed by atoms with Crippen molar-refractivity contribution >= 4 is 17.5 Å². The number of anilines is 1. The first kappa shape index (κ1) is 15.8. The summed E-state index contributed by atoms with van der Waals surface area (Å²) in [6.07, 6.45) is 5.44. The average Bonchev–Trinajstić information content (AvgIpc) is 2.55. The Balaban J connectivity index is 1.76. The van der Waals surface area contributed by atoms with Gasteiger partial charge in [0, 0.05) is 24.3 Å². The van der Waals surface area contributed by atoms with E-state index in [4.69, 9.17) is 0 Å². The molecular formula is C19H24N2O2. The second-order valence-electron chi connectivity index (χ2n) is 6.75. The van der Waals surface area contributed by atoms with E-state index in [9.17, 15) is 9.59 Å². The van der Waals surface area contributed by atoms with Gasteiger partial charge in [0.1, 0.15) is 0 Å². The molecule has 1 N–H and O–H groups in total. The molecule has 0 saturated heterocycles. The molecule has 3 rings (SSSR count). The van der Waals surface area contributed by atoms with Crippen LogP contribution in [0.25, 0.3) is 0 Å². The zero-order valence-corrected chi connectivity index (χ0v) is 13.7. The molecule has 1 saturated carbocycles. The van der Waals surface area contributed by atoms with Gasteiger partial charge in [0.2, 0.25) is 5.91 Å². The molecule has 0 atom stereocenters. The second-order valence-corrected chi connectivity index (χ2v) is 6.75. The summed E-state index contributed by atoms with van der Waals surface area (Å²) in [6.45, 7) is 7.25. The van der Waals surface area contributed by atoms with Gasteiger partial charge in [-0.3, -0.25) is 9.59 Å². The quantitative estimate of drug-likeness (QED) is 0.869. The van der Waals surface area contributed by atoms with Crippen LogP contribution >= 0.6 is 0 Å². The minimum Gasteiger partial charge on any atom is -0.352 e. The van der Waals surface area contributed by atoms with Gasteiger partial charge in [-0.15, -0.1) is 0 Å². The van der Waals surface area contributed by atoms with E-state index in [1.54, 1.807) is 4.90 Å². The maximum atomic E-state index is 12.6. The van der Waals surface area contributed by atoms with Crippen LogP contribution in [0.2, 0.25) is 0 Å². The highest BCUT2D eigenvalue weighted by molar-refractivity contribution is 6.04. The molecule has 2 amide bonds. The maximum Gasteiger partial charge on any atom is 0.251 e. The third kappa shape index (κ3) is 3.16. The van der Waals surface area contributed by atoms with Crippen LogP contribution in [-0.4, -0.2) is 24.9 Å². The monoisotopic (exact) mass is 312 g/mol. The molecule has 2 aliphatic rings. The summed E-state index contributed by atoms with van der Waals surface area (Å²) in [6, 6.07) is 5.63. The first-order valence-electron chi connectivity index (χ1n) is 8.44. The minimum atomic E-state index is -0.105. The van der Waals surface area contributed by atoms with Crippen molar-refractivity contribution in [3.63, 3.8) is 0 Å². The predicted octanol–water partition coefficient (Wildman–Crippen LogP) is 2.93. The van der Waals surface area contributed by atoms with Crippen LogP contribution in [0.5, 0.6) is 0 Å². The molecule has 0 spiro atoms. The molecule has 1 aliphatic heterocycles. The number of carbonyl (C=O) groups excluding carboxylic acids is 2. The van der Waals surface area contributed by atoms with E-state index in [1.165, 1.54) is 18.9 Å². The number of nitrogens with one attached hydrogen (secondary N) is 1. The van der Waals surface area contributed by atoms with E-state index >= 15 is 0 Å². The molecule has 1 aliphatic carbocycles. The van der Waals surface area contributed by atoms with Gasteiger partial charge in [0.15, 0.2) is 0 Å². The molecule has 4 heteroatoms. The molecule has 23 heavy (non-hydrogen) atoms. The topological polar surface area (TPSA) is 49.4 Å². The van der Waals surface area contributed by atoms with Crippen molar-refractivity contribution in [2.75, 3.05) is 18.0 Å². The fourth-order valence-corrected chi connectivity index (χ4v) is 3.74. The third-order valence-corrected chi connectivity index (χ3v) is 4.96. The summed E-state index contributed by atoms with van der Waals surface area (Å²) < 4.78 is 0. The predicted molar refractivity (Wildman–Crippen MR) is 91.5 cm³/mol. The third-order valence-electron chi connectivity index (χ3n) is 4.96. The van der Waals surface area contributed by atoms with Crippen molar-refractivity contribution < 1.29 is 9.59 Å². The van der Waals surface area contributed by atoms with Gasteiger partial charge < -0.3 is 10.2 Å². The summed E-state index contributed by atoms with van der Waals surface area (Å²) in [5, 5.41) is 3.07. The largest absolute Gasteiger partial charge is 0.352 e. The van der Waals surface area contributed by atoms with Crippen LogP contribution < -0.4 is 10.2 Å². The van der Waals surface area contributed by atoms with E-state index in [0.717, 1.165) is 36.6 Å². The zero-order chi connectivity index (χ0) is 16.4. The molecule has 0 aromatic heterocycles. The van der Waals surface area contributed by atoms with E-state index in [2.05, 4.69) is 18.8 Å². The number of benzene rings is 1. The molecule has 1 fully saturated rings. The van der Waals surface area contributed by atoms with Gasteiger partial charge in [0.05, 0.1) is 0 Å². The normalized spacial score (nSPS) is 22.7. The Kier molecular flexibility index (Phi) is 4.51. The number of hydrogen-bond donors (Lipinski definition) is 1. The lowest BCUT2D eigenvalue weighted by Crippen LogP contribution is -2.37. The van der Waals surface area contributed by atoms with Crippen molar-refractivity contribution in [3.05, 3.63) is 42.0 Å². The number of amides is 2. The first-order chi connectivity index (χ1) is 11.1. The Morgan fingerprint density at radius 3 is 2.87 bits per heavy atom. The van der Waals surface area contributed by atoms with E-state index in [0.29, 0.717) is 18.0 Å². The number of nitrogens with zero attached hydrogens (tertiary/aromatic N) is 1. The van der Waals surface area contributed by atoms with E-state index in [1.807, 2.05) is 18.2 Å². The Morgan fingerprint density at radius 2 is 2.17 bits per heavy atom. The molecule has 1 aromatic rings. The first-order valence-corrected chi connectivity index (χ1v) is 8.44. The highest BCUT2D eigenvalue weighted by Crippen LogP contribution is 2.33. The van der Waals surface area contributed by atoms with Crippen LogP contribution in [0.4, 0.5) is 5.69 Å². The summed E-state index contributed by atoms with van der Waals surface area (Å²) in [7, 11) is 0. The van der Waals surface area contributed by atoms with Gasteiger partial charge in [-0.05, 0) is 61.3 Å². The minimum absolute atomic E-state index is 0.0192. The molecule has 1 aromatic carbocycles. The summed E-state index contributed by atoms with van der Waals surface area (Å²) in [5.41, 5.74) is 2.54. The van der Waals surface area contributed by atoms with E-state index in [-0.39, 0.29) is 11.8 Å². The molecule has 4 nitrogen and oxygen atoms in total. The fourth-order valence-electron chi connectivity index (χ4n) is 3.74. The van der Waals surface area contributed by atoms with Gasteiger partial charge in [-0.2, -0.15) is 0 Å². The number of hydrogen-bond acceptors (Lipinski definition) is 2. The Bertz CT molecular complexity index is 632. The van der Waals surface area contributed by atoms with Gasteiger partial charge in [-0.25, -0.2) is 0 Å². The lowest BCUT2D eigenvalue weighted by atomic mass is 9.76. The molecule has 122 valence electrons. The van der Waals surface area contributed by atoms with E-state index < -0.39 is 0 Å². The second kappa shape index (κ2) is 6.57. The van der Waals surface area contributed by atoms with Gasteiger partial charge >= 0.3 is 0 Å². The summed E-state index contributed by atoms with van der Waals surface area (Å²) in [5.74, 6) is 1.29. The molecule has 0 unspecified atom stereocenters. The average molecular weight is 312 g/mol. The van der Waals surface area contributed by atoms with Crippen molar-refractivity contribution in [1.29, 1.82) is 0 Å². The maximum absolute atomic E-state index is 12.6. The van der Waals surface area contributed by atoms with Crippen LogP contribution in [0, 0.1) is 11.8 Å². The lowest BCUT2D eigenvalue weighted by Gasteiger charge is -2.33. The molecule has 0 bridgehead atoms. The fraction of sp³-hybridized carbons (Fsp3) is 0.474.